The minimum Gasteiger partial charge on any atom is -0.340 e. The lowest BCUT2D eigenvalue weighted by atomic mass is 10.1. The van der Waals surface area contributed by atoms with E-state index in [4.69, 9.17) is 0 Å². The summed E-state index contributed by atoms with van der Waals surface area (Å²) in [5, 5.41) is 2.91. The van der Waals surface area contributed by atoms with Gasteiger partial charge in [0, 0.05) is 18.3 Å². The Morgan fingerprint density at radius 2 is 1.77 bits per heavy atom. The van der Waals surface area contributed by atoms with Crippen LogP contribution in [-0.4, -0.2) is 36.9 Å². The van der Waals surface area contributed by atoms with Gasteiger partial charge in [0.2, 0.25) is 5.91 Å². The van der Waals surface area contributed by atoms with Gasteiger partial charge in [-0.15, -0.1) is 0 Å². The lowest BCUT2D eigenvalue weighted by Gasteiger charge is -2.25. The Balaban J connectivity index is 2.15. The zero-order chi connectivity index (χ0) is 19.1. The van der Waals surface area contributed by atoms with Crippen LogP contribution in [0.4, 0.5) is 5.69 Å². The topological polar surface area (TPSA) is 49.4 Å². The van der Waals surface area contributed by atoms with Crippen LogP contribution >= 0.6 is 11.8 Å². The fraction of sp³-hybridized carbons (Fsp3) is 0.333. The van der Waals surface area contributed by atoms with Crippen molar-refractivity contribution in [2.75, 3.05) is 24.0 Å². The van der Waals surface area contributed by atoms with Crippen molar-refractivity contribution in [3.63, 3.8) is 0 Å². The SMILES string of the molecule is CSCCC(NC(=O)c1cccc(C)c1)C(=O)N(C)c1ccc(C)cc1. The van der Waals surface area contributed by atoms with Crippen LogP contribution < -0.4 is 10.2 Å². The largest absolute Gasteiger partial charge is 0.340 e. The number of carbonyl (C=O) groups excluding carboxylic acids is 2. The molecule has 2 aromatic rings. The van der Waals surface area contributed by atoms with Crippen molar-refractivity contribution in [1.29, 1.82) is 0 Å². The van der Waals surface area contributed by atoms with E-state index < -0.39 is 6.04 Å². The van der Waals surface area contributed by atoms with Gasteiger partial charge in [-0.05, 0) is 56.5 Å². The van der Waals surface area contributed by atoms with E-state index in [1.54, 1.807) is 29.8 Å². The van der Waals surface area contributed by atoms with Crippen LogP contribution in [0.2, 0.25) is 0 Å². The third-order valence-electron chi connectivity index (χ3n) is 4.25. The fourth-order valence-corrected chi connectivity index (χ4v) is 3.12. The van der Waals surface area contributed by atoms with E-state index in [0.717, 1.165) is 22.6 Å². The molecule has 5 heteroatoms. The van der Waals surface area contributed by atoms with Gasteiger partial charge in [-0.1, -0.05) is 35.4 Å². The van der Waals surface area contributed by atoms with Gasteiger partial charge >= 0.3 is 0 Å². The first-order valence-corrected chi connectivity index (χ1v) is 10.0. The Morgan fingerprint density at radius 3 is 2.38 bits per heavy atom. The Labute approximate surface area is 160 Å². The molecular formula is C21H26N2O2S. The molecule has 2 rings (SSSR count). The van der Waals surface area contributed by atoms with Crippen LogP contribution in [0.15, 0.2) is 48.5 Å². The molecule has 0 aromatic heterocycles. The lowest BCUT2D eigenvalue weighted by Crippen LogP contribution is -2.47. The second kappa shape index (κ2) is 9.43. The second-order valence-corrected chi connectivity index (χ2v) is 7.40. The highest BCUT2D eigenvalue weighted by molar-refractivity contribution is 7.98. The van der Waals surface area contributed by atoms with Gasteiger partial charge < -0.3 is 10.2 Å². The number of benzene rings is 2. The summed E-state index contributed by atoms with van der Waals surface area (Å²) in [4.78, 5) is 27.2. The molecule has 2 aromatic carbocycles. The van der Waals surface area contributed by atoms with E-state index in [2.05, 4.69) is 5.32 Å². The summed E-state index contributed by atoms with van der Waals surface area (Å²) in [6.07, 6.45) is 2.58. The maximum absolute atomic E-state index is 13.0. The molecule has 0 aliphatic heterocycles. The number of carbonyl (C=O) groups is 2. The molecule has 0 saturated heterocycles. The Bertz CT molecular complexity index is 759. The number of nitrogens with one attached hydrogen (secondary N) is 1. The maximum atomic E-state index is 13.0. The third kappa shape index (κ3) is 5.36. The summed E-state index contributed by atoms with van der Waals surface area (Å²) in [6.45, 7) is 3.95. The molecule has 0 spiro atoms. The molecule has 0 saturated carbocycles. The average molecular weight is 371 g/mol. The van der Waals surface area contributed by atoms with Gasteiger partial charge in [0.15, 0.2) is 0 Å². The van der Waals surface area contributed by atoms with Crippen LogP contribution in [0, 0.1) is 13.8 Å². The lowest BCUT2D eigenvalue weighted by molar-refractivity contribution is -0.120. The summed E-state index contributed by atoms with van der Waals surface area (Å²) in [5.41, 5.74) is 3.55. The predicted molar refractivity (Wildman–Crippen MR) is 110 cm³/mol. The molecule has 0 aliphatic carbocycles. The van der Waals surface area contributed by atoms with E-state index >= 15 is 0 Å². The van der Waals surface area contributed by atoms with Gasteiger partial charge in [0.05, 0.1) is 0 Å². The smallest absolute Gasteiger partial charge is 0.251 e. The number of likely N-dealkylation sites (N-methyl/N-ethyl adjacent to an activating group) is 1. The van der Waals surface area contributed by atoms with Crippen LogP contribution in [0.3, 0.4) is 0 Å². The summed E-state index contributed by atoms with van der Waals surface area (Å²) in [6, 6.07) is 14.6. The van der Waals surface area contributed by atoms with Gasteiger partial charge in [0.1, 0.15) is 6.04 Å². The number of rotatable bonds is 7. The maximum Gasteiger partial charge on any atom is 0.251 e. The van der Waals surface area contributed by atoms with Crippen molar-refractivity contribution in [1.82, 2.24) is 5.32 Å². The number of hydrogen-bond donors (Lipinski definition) is 1. The molecule has 0 fully saturated rings. The molecule has 2 amide bonds. The van der Waals surface area contributed by atoms with Gasteiger partial charge in [-0.25, -0.2) is 0 Å². The normalized spacial score (nSPS) is 11.7. The minimum atomic E-state index is -0.554. The number of thioether (sulfide) groups is 1. The molecule has 0 bridgehead atoms. The quantitative estimate of drug-likeness (QED) is 0.806. The van der Waals surface area contributed by atoms with Gasteiger partial charge in [-0.3, -0.25) is 9.59 Å². The molecule has 0 aliphatic rings. The van der Waals surface area contributed by atoms with E-state index in [0.29, 0.717) is 12.0 Å². The van der Waals surface area contributed by atoms with Gasteiger partial charge in [-0.2, -0.15) is 11.8 Å². The van der Waals surface area contributed by atoms with Crippen LogP contribution in [-0.2, 0) is 4.79 Å². The molecule has 26 heavy (non-hydrogen) atoms. The number of hydrogen-bond acceptors (Lipinski definition) is 3. The van der Waals surface area contributed by atoms with E-state index in [1.165, 1.54) is 0 Å². The summed E-state index contributed by atoms with van der Waals surface area (Å²) in [5.74, 6) is 0.473. The van der Waals surface area contributed by atoms with Gasteiger partial charge in [0.25, 0.3) is 5.91 Å². The predicted octanol–water partition coefficient (Wildman–Crippen LogP) is 3.82. The van der Waals surface area contributed by atoms with E-state index in [1.807, 2.05) is 62.6 Å². The summed E-state index contributed by atoms with van der Waals surface area (Å²) in [7, 11) is 1.75. The van der Waals surface area contributed by atoms with Crippen molar-refractivity contribution >= 4 is 29.3 Å². The highest BCUT2D eigenvalue weighted by Gasteiger charge is 2.25. The number of anilines is 1. The summed E-state index contributed by atoms with van der Waals surface area (Å²) < 4.78 is 0. The first kappa shape index (κ1) is 20.0. The van der Waals surface area contributed by atoms with Crippen molar-refractivity contribution in [2.24, 2.45) is 0 Å². The van der Waals surface area contributed by atoms with Crippen LogP contribution in [0.25, 0.3) is 0 Å². The average Bonchev–Trinajstić information content (AvgIpc) is 2.64. The zero-order valence-electron chi connectivity index (χ0n) is 15.8. The molecule has 0 heterocycles. The highest BCUT2D eigenvalue weighted by atomic mass is 32.2. The number of aryl methyl sites for hydroxylation is 2. The zero-order valence-corrected chi connectivity index (χ0v) is 16.6. The van der Waals surface area contributed by atoms with E-state index in [9.17, 15) is 9.59 Å². The molecular weight excluding hydrogens is 344 g/mol. The first-order chi connectivity index (χ1) is 12.4. The molecule has 1 unspecified atom stereocenters. The van der Waals surface area contributed by atoms with Crippen LogP contribution in [0.5, 0.6) is 0 Å². The minimum absolute atomic E-state index is 0.107. The van der Waals surface area contributed by atoms with Crippen molar-refractivity contribution in [3.8, 4) is 0 Å². The van der Waals surface area contributed by atoms with Crippen molar-refractivity contribution in [3.05, 3.63) is 65.2 Å². The highest BCUT2D eigenvalue weighted by Crippen LogP contribution is 2.16. The fourth-order valence-electron chi connectivity index (χ4n) is 2.65. The van der Waals surface area contributed by atoms with Crippen LogP contribution in [0.1, 0.15) is 27.9 Å². The Morgan fingerprint density at radius 1 is 1.08 bits per heavy atom. The van der Waals surface area contributed by atoms with Crippen molar-refractivity contribution in [2.45, 2.75) is 26.3 Å². The molecule has 138 valence electrons. The van der Waals surface area contributed by atoms with E-state index in [-0.39, 0.29) is 11.8 Å². The number of amides is 2. The second-order valence-electron chi connectivity index (χ2n) is 6.41. The molecule has 0 radical (unpaired) electrons. The third-order valence-corrected chi connectivity index (χ3v) is 4.89. The Hall–Kier alpha value is -2.27. The summed E-state index contributed by atoms with van der Waals surface area (Å²) >= 11 is 1.66. The molecule has 4 nitrogen and oxygen atoms in total. The number of nitrogens with zero attached hydrogens (tertiary/aromatic N) is 1. The Kier molecular flexibility index (Phi) is 7.27. The molecule has 1 atom stereocenters. The monoisotopic (exact) mass is 370 g/mol. The van der Waals surface area contributed by atoms with Crippen molar-refractivity contribution < 1.29 is 9.59 Å². The first-order valence-electron chi connectivity index (χ1n) is 8.63. The molecule has 1 N–H and O–H groups in total. The standard InChI is InChI=1S/C21H26N2O2S/c1-15-8-10-18(11-9-15)23(3)21(25)19(12-13-26-4)22-20(24)17-7-5-6-16(2)14-17/h5-11,14,19H,12-13H2,1-4H3,(H,22,24).